The van der Waals surface area contributed by atoms with Gasteiger partial charge in [0.05, 0.1) is 11.5 Å². The molecule has 0 aliphatic rings. The number of hydrogen-bond donors (Lipinski definition) is 1. The number of rotatable bonds is 7. The zero-order valence-electron chi connectivity index (χ0n) is 12.5. The van der Waals surface area contributed by atoms with Gasteiger partial charge in [0.1, 0.15) is 5.56 Å². The Labute approximate surface area is 123 Å². The number of benzene rings is 1. The minimum atomic E-state index is -0.572. The van der Waals surface area contributed by atoms with Crippen LogP contribution in [0.25, 0.3) is 0 Å². The first-order valence-corrected chi connectivity index (χ1v) is 6.76. The molecule has 1 aromatic rings. The third-order valence-electron chi connectivity index (χ3n) is 3.37. The maximum atomic E-state index is 12.6. The van der Waals surface area contributed by atoms with E-state index in [0.717, 1.165) is 6.42 Å². The monoisotopic (exact) mass is 295 g/mol. The first kappa shape index (κ1) is 16.9. The molecular formula is C14H21N3O4. The SMILES string of the molecule is CCC(C)N(CCOC)C(=O)c1cc(N)ccc1[N+](=O)[O-]. The summed E-state index contributed by atoms with van der Waals surface area (Å²) in [5.41, 5.74) is 5.75. The molecule has 1 aromatic carbocycles. The molecule has 0 fully saturated rings. The number of anilines is 1. The van der Waals surface area contributed by atoms with E-state index in [4.69, 9.17) is 10.5 Å². The predicted molar refractivity (Wildman–Crippen MR) is 80.2 cm³/mol. The number of nitro groups is 1. The molecule has 7 nitrogen and oxygen atoms in total. The predicted octanol–water partition coefficient (Wildman–Crippen LogP) is 2.06. The largest absolute Gasteiger partial charge is 0.399 e. The van der Waals surface area contributed by atoms with Crippen LogP contribution >= 0.6 is 0 Å². The third kappa shape index (κ3) is 4.16. The molecule has 21 heavy (non-hydrogen) atoms. The lowest BCUT2D eigenvalue weighted by Crippen LogP contribution is -2.40. The molecule has 2 N–H and O–H groups in total. The first-order valence-electron chi connectivity index (χ1n) is 6.76. The maximum Gasteiger partial charge on any atom is 0.282 e. The summed E-state index contributed by atoms with van der Waals surface area (Å²) >= 11 is 0. The summed E-state index contributed by atoms with van der Waals surface area (Å²) in [6.45, 7) is 4.58. The van der Waals surface area contributed by atoms with Crippen LogP contribution in [0.1, 0.15) is 30.6 Å². The quantitative estimate of drug-likeness (QED) is 0.471. The van der Waals surface area contributed by atoms with Crippen LogP contribution in [0.3, 0.4) is 0 Å². The molecule has 116 valence electrons. The Hall–Kier alpha value is -2.15. The zero-order valence-corrected chi connectivity index (χ0v) is 12.5. The number of nitrogens with zero attached hydrogens (tertiary/aromatic N) is 2. The van der Waals surface area contributed by atoms with Gasteiger partial charge in [-0.1, -0.05) is 6.92 Å². The highest BCUT2D eigenvalue weighted by Crippen LogP contribution is 2.24. The summed E-state index contributed by atoms with van der Waals surface area (Å²) < 4.78 is 5.00. The lowest BCUT2D eigenvalue weighted by molar-refractivity contribution is -0.385. The van der Waals surface area contributed by atoms with Crippen LogP contribution in [0, 0.1) is 10.1 Å². The van der Waals surface area contributed by atoms with Gasteiger partial charge in [-0.15, -0.1) is 0 Å². The van der Waals surface area contributed by atoms with Gasteiger partial charge in [-0.3, -0.25) is 14.9 Å². The number of ether oxygens (including phenoxy) is 1. The Morgan fingerprint density at radius 1 is 1.52 bits per heavy atom. The molecule has 0 bridgehead atoms. The molecular weight excluding hydrogens is 274 g/mol. The van der Waals surface area contributed by atoms with E-state index < -0.39 is 10.8 Å². The Morgan fingerprint density at radius 3 is 2.71 bits per heavy atom. The van der Waals surface area contributed by atoms with Gasteiger partial charge in [0.15, 0.2) is 0 Å². The molecule has 0 spiro atoms. The second-order valence-electron chi connectivity index (χ2n) is 4.78. The third-order valence-corrected chi connectivity index (χ3v) is 3.37. The molecule has 1 atom stereocenters. The van der Waals surface area contributed by atoms with Crippen LogP contribution in [0.4, 0.5) is 11.4 Å². The van der Waals surface area contributed by atoms with Gasteiger partial charge in [0.2, 0.25) is 0 Å². The Morgan fingerprint density at radius 2 is 2.19 bits per heavy atom. The summed E-state index contributed by atoms with van der Waals surface area (Å²) in [5, 5.41) is 11.1. The summed E-state index contributed by atoms with van der Waals surface area (Å²) in [4.78, 5) is 24.7. The number of carbonyl (C=O) groups is 1. The molecule has 0 aromatic heterocycles. The smallest absolute Gasteiger partial charge is 0.282 e. The van der Waals surface area contributed by atoms with E-state index in [-0.39, 0.29) is 17.3 Å². The lowest BCUT2D eigenvalue weighted by Gasteiger charge is -2.28. The lowest BCUT2D eigenvalue weighted by atomic mass is 10.1. The van der Waals surface area contributed by atoms with Gasteiger partial charge in [-0.25, -0.2) is 0 Å². The van der Waals surface area contributed by atoms with Crippen molar-refractivity contribution in [1.82, 2.24) is 4.90 Å². The summed E-state index contributed by atoms with van der Waals surface area (Å²) in [7, 11) is 1.54. The van der Waals surface area contributed by atoms with Crippen LogP contribution in [0.15, 0.2) is 18.2 Å². The number of nitro benzene ring substituents is 1. The normalized spacial score (nSPS) is 12.0. The fourth-order valence-electron chi connectivity index (χ4n) is 1.97. The van der Waals surface area contributed by atoms with Crippen molar-refractivity contribution in [3.8, 4) is 0 Å². The molecule has 1 rings (SSSR count). The van der Waals surface area contributed by atoms with Crippen molar-refractivity contribution in [3.63, 3.8) is 0 Å². The molecule has 0 aliphatic heterocycles. The minimum absolute atomic E-state index is 0.0106. The average Bonchev–Trinajstić information content (AvgIpc) is 2.46. The average molecular weight is 295 g/mol. The van der Waals surface area contributed by atoms with Gasteiger partial charge in [-0.2, -0.15) is 0 Å². The van der Waals surface area contributed by atoms with Crippen molar-refractivity contribution in [2.45, 2.75) is 26.3 Å². The molecule has 0 saturated carbocycles. The Balaban J connectivity index is 3.18. The Bertz CT molecular complexity index is 519. The number of carbonyl (C=O) groups excluding carboxylic acids is 1. The number of methoxy groups -OCH3 is 1. The second kappa shape index (κ2) is 7.58. The molecule has 1 unspecified atom stereocenters. The van der Waals surface area contributed by atoms with Crippen LogP contribution in [-0.2, 0) is 4.74 Å². The summed E-state index contributed by atoms with van der Waals surface area (Å²) in [6, 6.07) is 3.97. The van der Waals surface area contributed by atoms with Gasteiger partial charge >= 0.3 is 0 Å². The van der Waals surface area contributed by atoms with Crippen molar-refractivity contribution < 1.29 is 14.5 Å². The van der Waals surface area contributed by atoms with Crippen molar-refractivity contribution in [1.29, 1.82) is 0 Å². The van der Waals surface area contributed by atoms with Crippen molar-refractivity contribution in [2.24, 2.45) is 0 Å². The van der Waals surface area contributed by atoms with Gasteiger partial charge in [0.25, 0.3) is 11.6 Å². The van der Waals surface area contributed by atoms with E-state index in [1.807, 2.05) is 13.8 Å². The van der Waals surface area contributed by atoms with Crippen molar-refractivity contribution in [3.05, 3.63) is 33.9 Å². The van der Waals surface area contributed by atoms with E-state index in [0.29, 0.717) is 18.8 Å². The first-order chi connectivity index (χ1) is 9.92. The highest BCUT2D eigenvalue weighted by molar-refractivity contribution is 5.99. The van der Waals surface area contributed by atoms with Crippen molar-refractivity contribution >= 4 is 17.3 Å². The van der Waals surface area contributed by atoms with Crippen molar-refractivity contribution in [2.75, 3.05) is 26.0 Å². The van der Waals surface area contributed by atoms with E-state index >= 15 is 0 Å². The molecule has 0 saturated heterocycles. The van der Waals surface area contributed by atoms with E-state index in [2.05, 4.69) is 0 Å². The van der Waals surface area contributed by atoms with Gasteiger partial charge in [-0.05, 0) is 25.5 Å². The number of nitrogen functional groups attached to an aromatic ring is 1. The van der Waals surface area contributed by atoms with Crippen LogP contribution in [0.5, 0.6) is 0 Å². The zero-order chi connectivity index (χ0) is 16.0. The van der Waals surface area contributed by atoms with E-state index in [9.17, 15) is 14.9 Å². The minimum Gasteiger partial charge on any atom is -0.399 e. The number of hydrogen-bond acceptors (Lipinski definition) is 5. The molecule has 0 aliphatic carbocycles. The van der Waals surface area contributed by atoms with Gasteiger partial charge in [0, 0.05) is 31.5 Å². The van der Waals surface area contributed by atoms with Gasteiger partial charge < -0.3 is 15.4 Å². The summed E-state index contributed by atoms with van der Waals surface area (Å²) in [5.74, 6) is -0.402. The Kier molecular flexibility index (Phi) is 6.10. The molecule has 7 heteroatoms. The second-order valence-corrected chi connectivity index (χ2v) is 4.78. The van der Waals surface area contributed by atoms with Crippen LogP contribution in [0.2, 0.25) is 0 Å². The molecule has 0 radical (unpaired) electrons. The molecule has 1 amide bonds. The fourth-order valence-corrected chi connectivity index (χ4v) is 1.97. The highest BCUT2D eigenvalue weighted by atomic mass is 16.6. The maximum absolute atomic E-state index is 12.6. The van der Waals surface area contributed by atoms with Crippen LogP contribution < -0.4 is 5.73 Å². The highest BCUT2D eigenvalue weighted by Gasteiger charge is 2.27. The fraction of sp³-hybridized carbons (Fsp3) is 0.500. The number of nitrogens with two attached hydrogens (primary N) is 1. The van der Waals surface area contributed by atoms with E-state index in [1.54, 1.807) is 12.0 Å². The standard InChI is InChI=1S/C14H21N3O4/c1-4-10(2)16(7-8-21-3)14(18)12-9-11(15)5-6-13(12)17(19)20/h5-6,9-10H,4,7-8,15H2,1-3H3. The van der Waals surface area contributed by atoms with E-state index in [1.165, 1.54) is 18.2 Å². The number of amides is 1. The molecule has 0 heterocycles. The van der Waals surface area contributed by atoms with Crippen LogP contribution in [-0.4, -0.2) is 42.0 Å². The topological polar surface area (TPSA) is 98.7 Å². The summed E-state index contributed by atoms with van der Waals surface area (Å²) in [6.07, 6.45) is 0.742.